The topological polar surface area (TPSA) is 24.5 Å². The molecule has 1 unspecified atom stereocenters. The summed E-state index contributed by atoms with van der Waals surface area (Å²) in [5.74, 6) is 0.974. The van der Waals surface area contributed by atoms with Crippen LogP contribution in [0.4, 0.5) is 0 Å². The fraction of sp³-hybridized carbons (Fsp3) is 0.500. The van der Waals surface area contributed by atoms with Gasteiger partial charge in [-0.25, -0.2) is 0 Å². The first kappa shape index (κ1) is 9.19. The summed E-state index contributed by atoms with van der Waals surface area (Å²) in [5, 5.41) is 3.45. The lowest BCUT2D eigenvalue weighted by atomic mass is 10.0. The Kier molecular flexibility index (Phi) is 2.15. The van der Waals surface area contributed by atoms with Crippen LogP contribution in [0.3, 0.4) is 0 Å². The summed E-state index contributed by atoms with van der Waals surface area (Å²) in [6.45, 7) is 4.43. The molecule has 1 N–H and O–H groups in total. The SMILES string of the molecule is COc1ccc2c(c1)CN1CCNCC21. The molecule has 0 aromatic heterocycles. The molecule has 0 bridgehead atoms. The van der Waals surface area contributed by atoms with Crippen molar-refractivity contribution in [1.29, 1.82) is 0 Å². The van der Waals surface area contributed by atoms with Crippen LogP contribution >= 0.6 is 0 Å². The maximum absolute atomic E-state index is 5.26. The molecule has 2 heterocycles. The Balaban J connectivity index is 1.96. The standard InChI is InChI=1S/C12H16N2O/c1-15-10-2-3-11-9(6-10)8-14-5-4-13-7-12(11)14/h2-3,6,12-13H,4-5,7-8H2,1H3. The molecule has 0 spiro atoms. The van der Waals surface area contributed by atoms with E-state index in [1.54, 1.807) is 7.11 Å². The average molecular weight is 204 g/mol. The Labute approximate surface area is 90.0 Å². The third kappa shape index (κ3) is 1.43. The molecule has 0 radical (unpaired) electrons. The number of nitrogens with one attached hydrogen (secondary N) is 1. The zero-order chi connectivity index (χ0) is 10.3. The normalized spacial score (nSPS) is 24.7. The molecule has 3 rings (SSSR count). The van der Waals surface area contributed by atoms with Crippen LogP contribution in [-0.4, -0.2) is 31.6 Å². The predicted molar refractivity (Wildman–Crippen MR) is 59.0 cm³/mol. The van der Waals surface area contributed by atoms with Crippen LogP contribution in [0.2, 0.25) is 0 Å². The van der Waals surface area contributed by atoms with Crippen molar-refractivity contribution >= 4 is 0 Å². The van der Waals surface area contributed by atoms with Crippen LogP contribution in [0, 0.1) is 0 Å². The summed E-state index contributed by atoms with van der Waals surface area (Å²) in [7, 11) is 1.73. The fourth-order valence-corrected chi connectivity index (χ4v) is 2.63. The number of rotatable bonds is 1. The molecule has 1 atom stereocenters. The second-order valence-electron chi connectivity index (χ2n) is 4.26. The molecular formula is C12H16N2O. The first-order valence-corrected chi connectivity index (χ1v) is 5.50. The molecule has 0 aliphatic carbocycles. The van der Waals surface area contributed by atoms with E-state index in [0.717, 1.165) is 31.9 Å². The van der Waals surface area contributed by atoms with Crippen LogP contribution in [0.5, 0.6) is 5.75 Å². The molecular weight excluding hydrogens is 188 g/mol. The second kappa shape index (κ2) is 3.51. The Hall–Kier alpha value is -1.06. The largest absolute Gasteiger partial charge is 0.497 e. The van der Waals surface area contributed by atoms with E-state index >= 15 is 0 Å². The fourth-order valence-electron chi connectivity index (χ4n) is 2.63. The van der Waals surface area contributed by atoms with Crippen molar-refractivity contribution in [3.8, 4) is 5.75 Å². The van der Waals surface area contributed by atoms with Crippen molar-refractivity contribution in [2.45, 2.75) is 12.6 Å². The number of methoxy groups -OCH3 is 1. The van der Waals surface area contributed by atoms with E-state index < -0.39 is 0 Å². The summed E-state index contributed by atoms with van der Waals surface area (Å²) >= 11 is 0. The van der Waals surface area contributed by atoms with E-state index in [2.05, 4.69) is 28.4 Å². The van der Waals surface area contributed by atoms with Gasteiger partial charge in [0.05, 0.1) is 7.11 Å². The number of piperazine rings is 1. The van der Waals surface area contributed by atoms with Crippen molar-refractivity contribution in [2.75, 3.05) is 26.7 Å². The van der Waals surface area contributed by atoms with E-state index in [4.69, 9.17) is 4.74 Å². The molecule has 0 amide bonds. The number of hydrogen-bond acceptors (Lipinski definition) is 3. The second-order valence-corrected chi connectivity index (χ2v) is 4.26. The predicted octanol–water partition coefficient (Wildman–Crippen LogP) is 1.16. The number of fused-ring (bicyclic) bond motifs is 3. The van der Waals surface area contributed by atoms with Crippen molar-refractivity contribution in [1.82, 2.24) is 10.2 Å². The quantitative estimate of drug-likeness (QED) is 0.743. The van der Waals surface area contributed by atoms with Crippen molar-refractivity contribution in [2.24, 2.45) is 0 Å². The minimum atomic E-state index is 0.583. The highest BCUT2D eigenvalue weighted by Crippen LogP contribution is 2.35. The van der Waals surface area contributed by atoms with Gasteiger partial charge >= 0.3 is 0 Å². The number of benzene rings is 1. The lowest BCUT2D eigenvalue weighted by Crippen LogP contribution is -2.42. The van der Waals surface area contributed by atoms with Crippen LogP contribution in [0.15, 0.2) is 18.2 Å². The molecule has 2 aliphatic rings. The molecule has 3 nitrogen and oxygen atoms in total. The maximum Gasteiger partial charge on any atom is 0.119 e. The molecule has 1 fully saturated rings. The zero-order valence-corrected chi connectivity index (χ0v) is 8.99. The third-order valence-corrected chi connectivity index (χ3v) is 3.44. The number of nitrogens with zero attached hydrogens (tertiary/aromatic N) is 1. The minimum Gasteiger partial charge on any atom is -0.497 e. The van der Waals surface area contributed by atoms with Gasteiger partial charge in [-0.3, -0.25) is 4.90 Å². The molecule has 15 heavy (non-hydrogen) atoms. The van der Waals surface area contributed by atoms with E-state index in [1.807, 2.05) is 0 Å². The number of hydrogen-bond donors (Lipinski definition) is 1. The Morgan fingerprint density at radius 1 is 1.47 bits per heavy atom. The number of ether oxygens (including phenoxy) is 1. The smallest absolute Gasteiger partial charge is 0.119 e. The van der Waals surface area contributed by atoms with Gasteiger partial charge in [-0.05, 0) is 23.3 Å². The van der Waals surface area contributed by atoms with E-state index in [9.17, 15) is 0 Å². The van der Waals surface area contributed by atoms with Gasteiger partial charge in [0, 0.05) is 32.2 Å². The highest BCUT2D eigenvalue weighted by molar-refractivity contribution is 5.40. The first-order valence-electron chi connectivity index (χ1n) is 5.50. The summed E-state index contributed by atoms with van der Waals surface area (Å²) in [4.78, 5) is 2.54. The highest BCUT2D eigenvalue weighted by atomic mass is 16.5. The van der Waals surface area contributed by atoms with Crippen LogP contribution in [-0.2, 0) is 6.54 Å². The Morgan fingerprint density at radius 3 is 3.27 bits per heavy atom. The van der Waals surface area contributed by atoms with E-state index in [-0.39, 0.29) is 0 Å². The lowest BCUT2D eigenvalue weighted by Gasteiger charge is -2.30. The summed E-state index contributed by atoms with van der Waals surface area (Å²) < 4.78 is 5.26. The summed E-state index contributed by atoms with van der Waals surface area (Å²) in [6.07, 6.45) is 0. The van der Waals surface area contributed by atoms with Gasteiger partial charge in [-0.15, -0.1) is 0 Å². The van der Waals surface area contributed by atoms with Gasteiger partial charge in [0.15, 0.2) is 0 Å². The van der Waals surface area contributed by atoms with Crippen molar-refractivity contribution < 1.29 is 4.74 Å². The van der Waals surface area contributed by atoms with E-state index in [0.29, 0.717) is 6.04 Å². The minimum absolute atomic E-state index is 0.583. The Morgan fingerprint density at radius 2 is 2.40 bits per heavy atom. The monoisotopic (exact) mass is 204 g/mol. The lowest BCUT2D eigenvalue weighted by molar-refractivity contribution is 0.178. The zero-order valence-electron chi connectivity index (χ0n) is 8.99. The molecule has 1 saturated heterocycles. The van der Waals surface area contributed by atoms with Gasteiger partial charge in [-0.1, -0.05) is 6.07 Å². The van der Waals surface area contributed by atoms with Crippen molar-refractivity contribution in [3.05, 3.63) is 29.3 Å². The maximum atomic E-state index is 5.26. The van der Waals surface area contributed by atoms with Gasteiger partial charge < -0.3 is 10.1 Å². The molecule has 0 saturated carbocycles. The van der Waals surface area contributed by atoms with Gasteiger partial charge in [-0.2, -0.15) is 0 Å². The van der Waals surface area contributed by atoms with Crippen molar-refractivity contribution in [3.63, 3.8) is 0 Å². The molecule has 80 valence electrons. The molecule has 1 aromatic rings. The van der Waals surface area contributed by atoms with Gasteiger partial charge in [0.2, 0.25) is 0 Å². The van der Waals surface area contributed by atoms with Gasteiger partial charge in [0.25, 0.3) is 0 Å². The molecule has 3 heteroatoms. The molecule has 1 aromatic carbocycles. The van der Waals surface area contributed by atoms with Crippen LogP contribution in [0.25, 0.3) is 0 Å². The van der Waals surface area contributed by atoms with Crippen LogP contribution in [0.1, 0.15) is 17.2 Å². The van der Waals surface area contributed by atoms with Crippen LogP contribution < -0.4 is 10.1 Å². The third-order valence-electron chi connectivity index (χ3n) is 3.44. The molecule has 2 aliphatic heterocycles. The Bertz CT molecular complexity index is 378. The van der Waals surface area contributed by atoms with Gasteiger partial charge in [0.1, 0.15) is 5.75 Å². The highest BCUT2D eigenvalue weighted by Gasteiger charge is 2.31. The first-order chi connectivity index (χ1) is 7.38. The average Bonchev–Trinajstić information content (AvgIpc) is 2.66. The summed E-state index contributed by atoms with van der Waals surface area (Å²) in [5.41, 5.74) is 2.91. The summed E-state index contributed by atoms with van der Waals surface area (Å²) in [6, 6.07) is 7.04. The van der Waals surface area contributed by atoms with E-state index in [1.165, 1.54) is 11.1 Å².